The largest absolute Gasteiger partial charge is 3.00 e. The third-order valence-corrected chi connectivity index (χ3v) is 2.49. The molecule has 0 aliphatic carbocycles. The molecule has 23 heavy (non-hydrogen) atoms. The van der Waals surface area contributed by atoms with E-state index in [4.69, 9.17) is 16.9 Å². The fraction of sp³-hybridized carbons (Fsp3) is 0.188. The SMILES string of the molecule is CN(C)C(=[N-])/N=C(\[NH-])N.[Au+3].[c-]1ccccc1Cc1ccccn1. The van der Waals surface area contributed by atoms with Crippen molar-refractivity contribution >= 4 is 11.9 Å². The van der Waals surface area contributed by atoms with Crippen molar-refractivity contribution in [3.63, 3.8) is 0 Å². The van der Waals surface area contributed by atoms with E-state index >= 15 is 0 Å². The second-order valence-electron chi connectivity index (χ2n) is 4.58. The summed E-state index contributed by atoms with van der Waals surface area (Å²) in [5, 5.41) is 8.75. The van der Waals surface area contributed by atoms with E-state index in [0.29, 0.717) is 0 Å². The van der Waals surface area contributed by atoms with E-state index < -0.39 is 5.96 Å². The molecule has 0 saturated carbocycles. The van der Waals surface area contributed by atoms with Crippen LogP contribution in [-0.2, 0) is 28.8 Å². The molecule has 1 aromatic carbocycles. The van der Waals surface area contributed by atoms with Gasteiger partial charge in [-0.1, -0.05) is 6.07 Å². The molecular weight excluding hydrogens is 473 g/mol. The van der Waals surface area contributed by atoms with Crippen LogP contribution in [0.25, 0.3) is 11.1 Å². The minimum Gasteiger partial charge on any atom is -0.454 e. The zero-order valence-corrected chi connectivity index (χ0v) is 15.2. The van der Waals surface area contributed by atoms with Gasteiger partial charge in [-0.3, -0.25) is 4.98 Å². The van der Waals surface area contributed by atoms with Gasteiger partial charge in [-0.05, 0) is 32.6 Å². The summed E-state index contributed by atoms with van der Waals surface area (Å²) in [6.45, 7) is 0. The van der Waals surface area contributed by atoms with Gasteiger partial charge in [0.05, 0.1) is 0 Å². The Balaban J connectivity index is 0.000000434. The Labute approximate surface area is 152 Å². The molecule has 7 heteroatoms. The van der Waals surface area contributed by atoms with Gasteiger partial charge in [-0.15, -0.1) is 0 Å². The first-order valence-corrected chi connectivity index (χ1v) is 6.63. The van der Waals surface area contributed by atoms with Crippen LogP contribution in [0.4, 0.5) is 0 Å². The van der Waals surface area contributed by atoms with Crippen molar-refractivity contribution in [3.8, 4) is 0 Å². The molecule has 0 spiro atoms. The van der Waals surface area contributed by atoms with Gasteiger partial charge in [0.2, 0.25) is 0 Å². The predicted octanol–water partition coefficient (Wildman–Crippen LogP) is 2.31. The van der Waals surface area contributed by atoms with Crippen LogP contribution < -0.4 is 5.73 Å². The van der Waals surface area contributed by atoms with Gasteiger partial charge in [0.15, 0.2) is 0 Å². The summed E-state index contributed by atoms with van der Waals surface area (Å²) in [4.78, 5) is 8.84. The zero-order valence-electron chi connectivity index (χ0n) is 13.0. The van der Waals surface area contributed by atoms with Gasteiger partial charge in [0.1, 0.15) is 0 Å². The summed E-state index contributed by atoms with van der Waals surface area (Å²) >= 11 is 0. The summed E-state index contributed by atoms with van der Waals surface area (Å²) in [6.07, 6.45) is 2.68. The Bertz CT molecular complexity index is 557. The standard InChI is InChI=1S/C12H10N.C4H9N5.Au/c1-2-6-11(7-3-1)10-12-8-4-5-9-13-12;1-9(2)4(7)8-3(5)6;/h1-6,8-9H,10H2;1-2H3,(H3-2,5,6,7,8);/q-1;-2;+3. The first kappa shape index (κ1) is 20.9. The van der Waals surface area contributed by atoms with Gasteiger partial charge in [0.25, 0.3) is 0 Å². The molecule has 6 nitrogen and oxygen atoms in total. The van der Waals surface area contributed by atoms with Crippen molar-refractivity contribution in [2.24, 2.45) is 10.7 Å². The fourth-order valence-electron chi connectivity index (χ4n) is 1.45. The van der Waals surface area contributed by atoms with Crippen LogP contribution in [0.15, 0.2) is 53.7 Å². The van der Waals surface area contributed by atoms with E-state index in [1.54, 1.807) is 14.1 Å². The number of benzene rings is 1. The summed E-state index contributed by atoms with van der Waals surface area (Å²) in [5.74, 6) is -0.663. The minimum absolute atomic E-state index is 0. The molecule has 124 valence electrons. The number of pyridine rings is 1. The topological polar surface area (TPSA) is 101 Å². The van der Waals surface area contributed by atoms with Gasteiger partial charge in [-0.25, -0.2) is 0 Å². The van der Waals surface area contributed by atoms with Gasteiger partial charge in [0, 0.05) is 23.8 Å². The molecule has 2 aromatic rings. The van der Waals surface area contributed by atoms with Crippen molar-refractivity contribution in [1.29, 1.82) is 0 Å². The quantitative estimate of drug-likeness (QED) is 0.301. The second-order valence-corrected chi connectivity index (χ2v) is 4.58. The molecule has 1 heterocycles. The number of hydrogen-bond acceptors (Lipinski definition) is 1. The molecular formula is C16H19AuN6. The molecule has 3 N–H and O–H groups in total. The molecule has 0 aliphatic rings. The Hall–Kier alpha value is -2.15. The molecule has 0 atom stereocenters. The van der Waals surface area contributed by atoms with E-state index in [9.17, 15) is 0 Å². The molecule has 0 radical (unpaired) electrons. The van der Waals surface area contributed by atoms with E-state index in [2.05, 4.69) is 22.1 Å². The van der Waals surface area contributed by atoms with Crippen LogP contribution in [-0.4, -0.2) is 35.9 Å². The number of aromatic nitrogens is 1. The third kappa shape index (κ3) is 9.47. The number of aliphatic imine (C=N–C) groups is 1. The summed E-state index contributed by atoms with van der Waals surface area (Å²) in [5.41, 5.74) is 13.7. The molecule has 1 aromatic heterocycles. The van der Waals surface area contributed by atoms with Crippen molar-refractivity contribution in [2.75, 3.05) is 14.1 Å². The first-order valence-electron chi connectivity index (χ1n) is 6.63. The van der Waals surface area contributed by atoms with E-state index in [-0.39, 0.29) is 28.3 Å². The minimum atomic E-state index is -0.402. The fourth-order valence-corrected chi connectivity index (χ4v) is 1.45. The molecule has 0 fully saturated rings. The number of rotatable bonds is 2. The van der Waals surface area contributed by atoms with Crippen molar-refractivity contribution in [1.82, 2.24) is 9.88 Å². The van der Waals surface area contributed by atoms with Gasteiger partial charge in [-0.2, -0.15) is 35.9 Å². The Morgan fingerprint density at radius 2 is 2.00 bits per heavy atom. The molecule has 0 saturated heterocycles. The zero-order chi connectivity index (χ0) is 16.4. The van der Waals surface area contributed by atoms with Crippen LogP contribution in [0.3, 0.4) is 0 Å². The van der Waals surface area contributed by atoms with E-state index in [1.807, 2.05) is 42.6 Å². The maximum absolute atomic E-state index is 8.75. The number of guanidine groups is 2. The van der Waals surface area contributed by atoms with Crippen LogP contribution in [0.5, 0.6) is 0 Å². The van der Waals surface area contributed by atoms with Crippen molar-refractivity contribution < 1.29 is 22.4 Å². The Kier molecular flexibility index (Phi) is 10.4. The molecule has 0 amide bonds. The number of nitrogens with two attached hydrogens (primary N) is 1. The van der Waals surface area contributed by atoms with Gasteiger partial charge < -0.3 is 26.8 Å². The molecule has 0 unspecified atom stereocenters. The summed E-state index contributed by atoms with van der Waals surface area (Å²) < 4.78 is 0. The van der Waals surface area contributed by atoms with Gasteiger partial charge >= 0.3 is 22.4 Å². The maximum atomic E-state index is 8.75. The van der Waals surface area contributed by atoms with E-state index in [0.717, 1.165) is 12.1 Å². The monoisotopic (exact) mass is 492 g/mol. The molecule has 0 aliphatic heterocycles. The predicted molar refractivity (Wildman–Crippen MR) is 90.3 cm³/mol. The second kappa shape index (κ2) is 11.4. The van der Waals surface area contributed by atoms with Crippen LogP contribution in [0, 0.1) is 6.07 Å². The van der Waals surface area contributed by atoms with Crippen molar-refractivity contribution in [2.45, 2.75) is 6.42 Å². The molecule has 2 rings (SSSR count). The first-order chi connectivity index (χ1) is 10.5. The average Bonchev–Trinajstić information content (AvgIpc) is 2.49. The smallest absolute Gasteiger partial charge is 0.454 e. The third-order valence-electron chi connectivity index (χ3n) is 2.49. The number of nitrogens with one attached hydrogen (secondary N) is 1. The Morgan fingerprint density at radius 1 is 1.30 bits per heavy atom. The summed E-state index contributed by atoms with van der Waals surface area (Å²) in [6, 6.07) is 17.1. The number of nitrogens with zero attached hydrogens (tertiary/aromatic N) is 4. The van der Waals surface area contributed by atoms with Crippen molar-refractivity contribution in [3.05, 3.63) is 77.1 Å². The molecule has 0 bridgehead atoms. The maximum Gasteiger partial charge on any atom is 3.00 e. The summed E-state index contributed by atoms with van der Waals surface area (Å²) in [7, 11) is 3.20. The van der Waals surface area contributed by atoms with Crippen LogP contribution in [0.1, 0.15) is 11.3 Å². The van der Waals surface area contributed by atoms with Crippen LogP contribution in [0.2, 0.25) is 0 Å². The van der Waals surface area contributed by atoms with E-state index in [1.165, 1.54) is 10.5 Å². The Morgan fingerprint density at radius 3 is 2.43 bits per heavy atom. The average molecular weight is 492 g/mol. The normalized spacial score (nSPS) is 9.91. The number of hydrogen-bond donors (Lipinski definition) is 1. The van der Waals surface area contributed by atoms with Crippen LogP contribution >= 0.6 is 0 Å².